The van der Waals surface area contributed by atoms with Gasteiger partial charge in [-0.3, -0.25) is 0 Å². The number of hydrogen-bond donors (Lipinski definition) is 3. The van der Waals surface area contributed by atoms with E-state index in [1.165, 1.54) is 16.3 Å². The van der Waals surface area contributed by atoms with Gasteiger partial charge in [0, 0.05) is 45.5 Å². The molecule has 4 aromatic rings. The van der Waals surface area contributed by atoms with E-state index in [0.717, 1.165) is 22.2 Å². The SMILES string of the molecule is C=C(N)c1cccc(-c2c[nH]c3cc4cc[nH]c4cc23)c1. The van der Waals surface area contributed by atoms with Crippen LogP contribution in [0.5, 0.6) is 0 Å². The fraction of sp³-hybridized carbons (Fsp3) is 0. The molecule has 4 N–H and O–H groups in total. The molecule has 0 aliphatic heterocycles. The summed E-state index contributed by atoms with van der Waals surface area (Å²) in [5.41, 5.74) is 11.9. The van der Waals surface area contributed by atoms with E-state index in [9.17, 15) is 0 Å². The van der Waals surface area contributed by atoms with Gasteiger partial charge >= 0.3 is 0 Å². The van der Waals surface area contributed by atoms with Crippen LogP contribution >= 0.6 is 0 Å². The third-order valence-electron chi connectivity index (χ3n) is 3.90. The number of nitrogens with one attached hydrogen (secondary N) is 2. The van der Waals surface area contributed by atoms with E-state index < -0.39 is 0 Å². The van der Waals surface area contributed by atoms with E-state index >= 15 is 0 Å². The summed E-state index contributed by atoms with van der Waals surface area (Å²) in [6, 6.07) is 14.6. The van der Waals surface area contributed by atoms with Crippen molar-refractivity contribution in [3.63, 3.8) is 0 Å². The standard InChI is InChI=1S/C18H15N3/c1-11(19)12-3-2-4-13(7-12)16-10-21-18-8-14-5-6-20-17(14)9-15(16)18/h2-10,20-21H,1,19H2. The summed E-state index contributed by atoms with van der Waals surface area (Å²) in [5, 5.41) is 2.41. The Balaban J connectivity index is 1.97. The molecule has 0 bridgehead atoms. The van der Waals surface area contributed by atoms with E-state index in [1.807, 2.05) is 24.5 Å². The molecule has 0 radical (unpaired) electrons. The van der Waals surface area contributed by atoms with Crippen LogP contribution in [-0.2, 0) is 0 Å². The number of H-pyrrole nitrogens is 2. The number of rotatable bonds is 2. The van der Waals surface area contributed by atoms with E-state index in [0.29, 0.717) is 5.70 Å². The number of nitrogens with two attached hydrogens (primary N) is 1. The average molecular weight is 273 g/mol. The van der Waals surface area contributed by atoms with E-state index in [2.05, 4.69) is 46.9 Å². The van der Waals surface area contributed by atoms with Crippen molar-refractivity contribution in [2.45, 2.75) is 0 Å². The minimum Gasteiger partial charge on any atom is -0.399 e. The smallest absolute Gasteiger partial charge is 0.0467 e. The third-order valence-corrected chi connectivity index (χ3v) is 3.90. The first kappa shape index (κ1) is 11.9. The average Bonchev–Trinajstić information content (AvgIpc) is 3.10. The predicted molar refractivity (Wildman–Crippen MR) is 88.8 cm³/mol. The molecule has 0 atom stereocenters. The largest absolute Gasteiger partial charge is 0.399 e. The van der Waals surface area contributed by atoms with Gasteiger partial charge in [0.05, 0.1) is 0 Å². The zero-order chi connectivity index (χ0) is 14.4. The first-order valence-corrected chi connectivity index (χ1v) is 6.86. The van der Waals surface area contributed by atoms with Crippen LogP contribution in [0.3, 0.4) is 0 Å². The van der Waals surface area contributed by atoms with Crippen LogP contribution in [0.25, 0.3) is 38.6 Å². The molecule has 0 amide bonds. The maximum atomic E-state index is 5.80. The Morgan fingerprint density at radius 2 is 1.90 bits per heavy atom. The number of aromatic nitrogens is 2. The van der Waals surface area contributed by atoms with Crippen LogP contribution in [-0.4, -0.2) is 9.97 Å². The summed E-state index contributed by atoms with van der Waals surface area (Å²) in [6.45, 7) is 3.81. The second-order valence-electron chi connectivity index (χ2n) is 5.27. The Morgan fingerprint density at radius 3 is 2.76 bits per heavy atom. The highest BCUT2D eigenvalue weighted by molar-refractivity contribution is 6.03. The maximum absolute atomic E-state index is 5.80. The quantitative estimate of drug-likeness (QED) is 0.502. The lowest BCUT2D eigenvalue weighted by molar-refractivity contribution is 1.47. The van der Waals surface area contributed by atoms with Gasteiger partial charge in [-0.2, -0.15) is 0 Å². The van der Waals surface area contributed by atoms with Crippen LogP contribution in [0.15, 0.2) is 61.4 Å². The molecule has 0 unspecified atom stereocenters. The first-order valence-electron chi connectivity index (χ1n) is 6.86. The molecule has 21 heavy (non-hydrogen) atoms. The summed E-state index contributed by atoms with van der Waals surface area (Å²) < 4.78 is 0. The number of aromatic amines is 2. The molecule has 2 aromatic carbocycles. The number of hydrogen-bond acceptors (Lipinski definition) is 1. The highest BCUT2D eigenvalue weighted by atomic mass is 14.7. The van der Waals surface area contributed by atoms with Crippen LogP contribution in [0.2, 0.25) is 0 Å². The molecule has 0 saturated carbocycles. The molecule has 3 nitrogen and oxygen atoms in total. The van der Waals surface area contributed by atoms with Crippen molar-refractivity contribution in [3.8, 4) is 11.1 Å². The molecule has 0 aliphatic carbocycles. The van der Waals surface area contributed by atoms with Crippen LogP contribution in [0.1, 0.15) is 5.56 Å². The normalized spacial score (nSPS) is 11.2. The Bertz CT molecular complexity index is 972. The summed E-state index contributed by atoms with van der Waals surface area (Å²) in [5.74, 6) is 0. The van der Waals surface area contributed by atoms with Gasteiger partial charge < -0.3 is 15.7 Å². The van der Waals surface area contributed by atoms with E-state index in [-0.39, 0.29) is 0 Å². The molecule has 2 aromatic heterocycles. The fourth-order valence-electron chi connectivity index (χ4n) is 2.80. The molecule has 4 rings (SSSR count). The van der Waals surface area contributed by atoms with Crippen molar-refractivity contribution in [1.29, 1.82) is 0 Å². The van der Waals surface area contributed by atoms with Gasteiger partial charge in [0.1, 0.15) is 0 Å². The minimum absolute atomic E-state index is 0.587. The second kappa shape index (κ2) is 4.28. The lowest BCUT2D eigenvalue weighted by Crippen LogP contribution is -1.93. The summed E-state index contributed by atoms with van der Waals surface area (Å²) >= 11 is 0. The van der Waals surface area contributed by atoms with Crippen LogP contribution in [0.4, 0.5) is 0 Å². The highest BCUT2D eigenvalue weighted by Gasteiger charge is 2.08. The zero-order valence-corrected chi connectivity index (χ0v) is 11.5. The van der Waals surface area contributed by atoms with Gasteiger partial charge in [-0.05, 0) is 35.4 Å². The Labute approximate surface area is 122 Å². The van der Waals surface area contributed by atoms with Gasteiger partial charge in [0.2, 0.25) is 0 Å². The topological polar surface area (TPSA) is 57.6 Å². The highest BCUT2D eigenvalue weighted by Crippen LogP contribution is 2.32. The zero-order valence-electron chi connectivity index (χ0n) is 11.5. The summed E-state index contributed by atoms with van der Waals surface area (Å²) in [6.07, 6.45) is 4.00. The molecule has 0 fully saturated rings. The summed E-state index contributed by atoms with van der Waals surface area (Å²) in [4.78, 5) is 6.61. The van der Waals surface area contributed by atoms with Gasteiger partial charge in [0.25, 0.3) is 0 Å². The Morgan fingerprint density at radius 1 is 1.00 bits per heavy atom. The molecule has 102 valence electrons. The van der Waals surface area contributed by atoms with Crippen LogP contribution in [0, 0.1) is 0 Å². The van der Waals surface area contributed by atoms with Gasteiger partial charge in [0.15, 0.2) is 0 Å². The van der Waals surface area contributed by atoms with Gasteiger partial charge in [-0.1, -0.05) is 24.8 Å². The van der Waals surface area contributed by atoms with Gasteiger partial charge in [-0.25, -0.2) is 0 Å². The van der Waals surface area contributed by atoms with Gasteiger partial charge in [-0.15, -0.1) is 0 Å². The maximum Gasteiger partial charge on any atom is 0.0467 e. The molecular weight excluding hydrogens is 258 g/mol. The monoisotopic (exact) mass is 273 g/mol. The lowest BCUT2D eigenvalue weighted by Gasteiger charge is -2.04. The third kappa shape index (κ3) is 1.82. The Hall–Kier alpha value is -2.94. The number of fused-ring (bicyclic) bond motifs is 2. The molecule has 0 saturated heterocycles. The predicted octanol–water partition coefficient (Wildman–Crippen LogP) is 4.25. The van der Waals surface area contributed by atoms with Crippen molar-refractivity contribution in [1.82, 2.24) is 9.97 Å². The first-order chi connectivity index (χ1) is 10.2. The second-order valence-corrected chi connectivity index (χ2v) is 5.27. The molecule has 2 heterocycles. The van der Waals surface area contributed by atoms with Crippen molar-refractivity contribution in [3.05, 3.63) is 67.0 Å². The van der Waals surface area contributed by atoms with Crippen molar-refractivity contribution in [2.24, 2.45) is 5.73 Å². The molecule has 0 aliphatic rings. The molecule has 3 heteroatoms. The van der Waals surface area contributed by atoms with Crippen LogP contribution < -0.4 is 5.73 Å². The Kier molecular flexibility index (Phi) is 2.42. The molecule has 0 spiro atoms. The number of benzene rings is 2. The molecular formula is C18H15N3. The van der Waals surface area contributed by atoms with Crippen molar-refractivity contribution >= 4 is 27.5 Å². The van der Waals surface area contributed by atoms with Crippen molar-refractivity contribution in [2.75, 3.05) is 0 Å². The van der Waals surface area contributed by atoms with E-state index in [1.54, 1.807) is 0 Å². The lowest BCUT2D eigenvalue weighted by atomic mass is 10.0. The van der Waals surface area contributed by atoms with E-state index in [4.69, 9.17) is 5.73 Å². The minimum atomic E-state index is 0.587. The van der Waals surface area contributed by atoms with Crippen molar-refractivity contribution < 1.29 is 0 Å². The fourth-order valence-corrected chi connectivity index (χ4v) is 2.80. The summed E-state index contributed by atoms with van der Waals surface area (Å²) in [7, 11) is 0.